The van der Waals surface area contributed by atoms with Crippen LogP contribution in [0.1, 0.15) is 31.4 Å². The largest absolute Gasteiger partial charge is 0.379 e. The first-order valence-corrected chi connectivity index (χ1v) is 15.4. The average molecular weight is 622 g/mol. The van der Waals surface area contributed by atoms with Crippen molar-refractivity contribution in [2.24, 2.45) is 0 Å². The molecule has 2 saturated heterocycles. The molecule has 4 rings (SSSR count). The highest BCUT2D eigenvalue weighted by Gasteiger charge is 2.49. The number of ketones is 1. The van der Waals surface area contributed by atoms with E-state index in [9.17, 15) is 24.0 Å². The first kappa shape index (κ1) is 33.8. The Morgan fingerprint density at radius 2 is 1.42 bits per heavy atom. The van der Waals surface area contributed by atoms with Crippen LogP contribution < -0.4 is 21.3 Å². The quantitative estimate of drug-likeness (QED) is 0.193. The molecule has 0 spiro atoms. The number of Topliss-reactive ketones (excluding diaryl/α,β-unsaturated/α-hetero) is 1. The van der Waals surface area contributed by atoms with Crippen molar-refractivity contribution in [3.8, 4) is 0 Å². The zero-order chi connectivity index (χ0) is 32.2. The summed E-state index contributed by atoms with van der Waals surface area (Å²) in [5, 5.41) is 10.8. The Morgan fingerprint density at radius 1 is 0.822 bits per heavy atom. The maximum atomic E-state index is 13.3. The van der Waals surface area contributed by atoms with Gasteiger partial charge in [-0.3, -0.25) is 28.9 Å². The molecule has 12 heteroatoms. The van der Waals surface area contributed by atoms with E-state index in [0.29, 0.717) is 45.8 Å². The van der Waals surface area contributed by atoms with E-state index in [2.05, 4.69) is 21.3 Å². The molecule has 0 radical (unpaired) electrons. The second-order valence-electron chi connectivity index (χ2n) is 11.7. The number of amides is 4. The first-order valence-electron chi connectivity index (χ1n) is 15.4. The van der Waals surface area contributed by atoms with E-state index in [-0.39, 0.29) is 24.7 Å². The molecule has 0 aliphatic carbocycles. The van der Waals surface area contributed by atoms with Crippen molar-refractivity contribution in [3.05, 3.63) is 71.8 Å². The number of nitrogens with zero attached hydrogens (tertiary/aromatic N) is 1. The van der Waals surface area contributed by atoms with E-state index >= 15 is 0 Å². The van der Waals surface area contributed by atoms with Gasteiger partial charge in [0.05, 0.1) is 39.0 Å². The lowest BCUT2D eigenvalue weighted by molar-refractivity contribution is -0.133. The summed E-state index contributed by atoms with van der Waals surface area (Å²) in [4.78, 5) is 66.9. The number of morpholine rings is 1. The fourth-order valence-electron chi connectivity index (χ4n) is 5.11. The molecule has 2 fully saturated rings. The van der Waals surface area contributed by atoms with Crippen LogP contribution in [0.3, 0.4) is 0 Å². The van der Waals surface area contributed by atoms with Crippen molar-refractivity contribution in [1.82, 2.24) is 26.2 Å². The summed E-state index contributed by atoms with van der Waals surface area (Å²) in [6, 6.07) is 16.1. The Hall–Kier alpha value is -4.13. The van der Waals surface area contributed by atoms with Crippen molar-refractivity contribution in [3.63, 3.8) is 0 Å². The second-order valence-corrected chi connectivity index (χ2v) is 11.7. The van der Waals surface area contributed by atoms with Crippen LogP contribution in [-0.2, 0) is 46.3 Å². The molecule has 0 aromatic heterocycles. The fourth-order valence-corrected chi connectivity index (χ4v) is 5.11. The van der Waals surface area contributed by atoms with Crippen LogP contribution in [0.4, 0.5) is 0 Å². The second kappa shape index (κ2) is 16.3. The Labute approximate surface area is 263 Å². The van der Waals surface area contributed by atoms with Crippen LogP contribution in [0.5, 0.6) is 0 Å². The Morgan fingerprint density at radius 3 is 2.04 bits per heavy atom. The molecule has 2 aromatic rings. The van der Waals surface area contributed by atoms with Gasteiger partial charge in [-0.05, 0) is 37.8 Å². The summed E-state index contributed by atoms with van der Waals surface area (Å²) in [6.07, 6.45) is 1.06. The van der Waals surface area contributed by atoms with Gasteiger partial charge in [0.25, 0.3) is 0 Å². The summed E-state index contributed by atoms with van der Waals surface area (Å²) in [5.74, 6) is -2.15. The van der Waals surface area contributed by atoms with Gasteiger partial charge < -0.3 is 30.7 Å². The van der Waals surface area contributed by atoms with Gasteiger partial charge >= 0.3 is 0 Å². The smallest absolute Gasteiger partial charge is 0.243 e. The molecule has 2 aliphatic heterocycles. The van der Waals surface area contributed by atoms with Crippen LogP contribution in [0.15, 0.2) is 60.7 Å². The number of epoxide rings is 1. The van der Waals surface area contributed by atoms with E-state index in [1.165, 1.54) is 0 Å². The molecular weight excluding hydrogens is 578 g/mol. The first-order chi connectivity index (χ1) is 21.6. The molecule has 242 valence electrons. The number of carbonyl (C=O) groups is 5. The van der Waals surface area contributed by atoms with Crippen molar-refractivity contribution >= 4 is 29.4 Å². The summed E-state index contributed by atoms with van der Waals surface area (Å²) in [7, 11) is 0. The average Bonchev–Trinajstić information content (AvgIpc) is 3.80. The van der Waals surface area contributed by atoms with Crippen LogP contribution >= 0.6 is 0 Å². The molecule has 4 N–H and O–H groups in total. The third-order valence-corrected chi connectivity index (χ3v) is 7.90. The zero-order valence-electron chi connectivity index (χ0n) is 25.9. The van der Waals surface area contributed by atoms with Gasteiger partial charge in [0, 0.05) is 19.5 Å². The highest BCUT2D eigenvalue weighted by molar-refractivity contribution is 5.98. The molecule has 4 atom stereocenters. The zero-order valence-corrected chi connectivity index (χ0v) is 25.9. The standard InChI is InChI=1S/C33H43N5O7/c1-23(30(41)33(2)22-45-33)35-32(43)27(19-25-11-7-4-8-12-25)37-28(39)20-34-31(42)26(14-13-24-9-5-3-6-10-24)36-29(40)21-38-15-17-44-18-16-38/h3-12,23,26-27H,13-22H2,1-2H3,(H,34,42)(H,35,43)(H,36,40)(H,37,39)/t23?,26-,27-,33?/m0/s1. The molecule has 2 aromatic carbocycles. The molecule has 2 unspecified atom stereocenters. The summed E-state index contributed by atoms with van der Waals surface area (Å²) >= 11 is 0. The topological polar surface area (TPSA) is 158 Å². The predicted octanol–water partition coefficient (Wildman–Crippen LogP) is 0.143. The van der Waals surface area contributed by atoms with Crippen molar-refractivity contribution in [1.29, 1.82) is 0 Å². The summed E-state index contributed by atoms with van der Waals surface area (Å²) in [6.45, 7) is 5.65. The Bertz CT molecular complexity index is 1310. The lowest BCUT2D eigenvalue weighted by Gasteiger charge is -2.27. The van der Waals surface area contributed by atoms with Gasteiger partial charge in [-0.1, -0.05) is 60.7 Å². The van der Waals surface area contributed by atoms with Gasteiger partial charge in [-0.15, -0.1) is 0 Å². The third-order valence-electron chi connectivity index (χ3n) is 7.90. The third kappa shape index (κ3) is 10.8. The van der Waals surface area contributed by atoms with Gasteiger partial charge in [0.15, 0.2) is 5.78 Å². The van der Waals surface area contributed by atoms with Gasteiger partial charge in [-0.25, -0.2) is 0 Å². The van der Waals surface area contributed by atoms with Gasteiger partial charge in [0.2, 0.25) is 23.6 Å². The minimum atomic E-state index is -0.998. The van der Waals surface area contributed by atoms with E-state index in [1.807, 2.05) is 65.6 Å². The number of benzene rings is 2. The highest BCUT2D eigenvalue weighted by atomic mass is 16.6. The molecule has 2 heterocycles. The molecule has 12 nitrogen and oxygen atoms in total. The minimum absolute atomic E-state index is 0.140. The van der Waals surface area contributed by atoms with E-state index < -0.39 is 48.0 Å². The number of aryl methyl sites for hydroxylation is 1. The molecular formula is C33H43N5O7. The predicted molar refractivity (Wildman–Crippen MR) is 166 cm³/mol. The number of ether oxygens (including phenoxy) is 2. The summed E-state index contributed by atoms with van der Waals surface area (Å²) in [5.41, 5.74) is 0.923. The molecule has 0 saturated carbocycles. The van der Waals surface area contributed by atoms with Crippen LogP contribution in [0, 0.1) is 0 Å². The van der Waals surface area contributed by atoms with Crippen LogP contribution in [0.25, 0.3) is 0 Å². The monoisotopic (exact) mass is 621 g/mol. The Balaban J connectivity index is 1.35. The molecule has 45 heavy (non-hydrogen) atoms. The van der Waals surface area contributed by atoms with Crippen molar-refractivity contribution in [2.45, 2.75) is 56.8 Å². The van der Waals surface area contributed by atoms with E-state index in [1.54, 1.807) is 13.8 Å². The van der Waals surface area contributed by atoms with Crippen molar-refractivity contribution < 1.29 is 33.4 Å². The fraction of sp³-hybridized carbons (Fsp3) is 0.485. The van der Waals surface area contributed by atoms with E-state index in [4.69, 9.17) is 9.47 Å². The number of nitrogens with one attached hydrogen (secondary N) is 4. The lowest BCUT2D eigenvalue weighted by Crippen LogP contribution is -2.55. The number of carbonyl (C=O) groups excluding carboxylic acids is 5. The minimum Gasteiger partial charge on any atom is -0.379 e. The maximum Gasteiger partial charge on any atom is 0.243 e. The molecule has 0 bridgehead atoms. The summed E-state index contributed by atoms with van der Waals surface area (Å²) < 4.78 is 10.6. The maximum absolute atomic E-state index is 13.3. The Kier molecular flexibility index (Phi) is 12.2. The van der Waals surface area contributed by atoms with E-state index in [0.717, 1.165) is 11.1 Å². The number of hydrogen-bond donors (Lipinski definition) is 4. The lowest BCUT2D eigenvalue weighted by atomic mass is 10.0. The van der Waals surface area contributed by atoms with Crippen LogP contribution in [-0.4, -0.2) is 104 Å². The number of hydrogen-bond acceptors (Lipinski definition) is 8. The molecule has 4 amide bonds. The van der Waals surface area contributed by atoms with Gasteiger partial charge in [0.1, 0.15) is 17.7 Å². The van der Waals surface area contributed by atoms with Crippen LogP contribution in [0.2, 0.25) is 0 Å². The number of rotatable bonds is 16. The normalized spacial score (nSPS) is 19.8. The molecule has 2 aliphatic rings. The van der Waals surface area contributed by atoms with Crippen molar-refractivity contribution in [2.75, 3.05) is 46.0 Å². The highest BCUT2D eigenvalue weighted by Crippen LogP contribution is 2.28. The van der Waals surface area contributed by atoms with Gasteiger partial charge in [-0.2, -0.15) is 0 Å². The SMILES string of the molecule is CC(NC(=O)[C@H](Cc1ccccc1)NC(=O)CNC(=O)[C@H](CCc1ccccc1)NC(=O)CN1CCOCC1)C(=O)C1(C)CO1.